The second kappa shape index (κ2) is 5.36. The third kappa shape index (κ3) is 3.42. The highest BCUT2D eigenvalue weighted by Gasteiger charge is 2.29. The van der Waals surface area contributed by atoms with Crippen molar-refractivity contribution < 1.29 is 13.9 Å². The van der Waals surface area contributed by atoms with E-state index < -0.39 is 17.2 Å². The van der Waals surface area contributed by atoms with Crippen LogP contribution >= 0.6 is 11.8 Å². The van der Waals surface area contributed by atoms with Gasteiger partial charge < -0.3 is 5.11 Å². The summed E-state index contributed by atoms with van der Waals surface area (Å²) in [6.07, 6.45) is 4.90. The van der Waals surface area contributed by atoms with Crippen molar-refractivity contribution in [2.75, 3.05) is 5.75 Å². The molecule has 0 bridgehead atoms. The minimum absolute atomic E-state index is 0.554. The normalized spacial score (nSPS) is 19.2. The van der Waals surface area contributed by atoms with Gasteiger partial charge in [0, 0.05) is 10.6 Å². The van der Waals surface area contributed by atoms with Crippen LogP contribution in [0.25, 0.3) is 0 Å². The molecule has 94 valence electrons. The molecule has 0 aromatic heterocycles. The number of aliphatic hydroxyl groups is 1. The number of hydrogen-bond donors (Lipinski definition) is 1. The summed E-state index contributed by atoms with van der Waals surface area (Å²) in [5, 5.41) is 10.3. The summed E-state index contributed by atoms with van der Waals surface area (Å²) < 4.78 is 25.7. The van der Waals surface area contributed by atoms with Crippen LogP contribution in [0, 0.1) is 11.6 Å². The molecule has 1 aliphatic carbocycles. The van der Waals surface area contributed by atoms with Crippen molar-refractivity contribution in [1.29, 1.82) is 0 Å². The molecule has 0 atom stereocenters. The fourth-order valence-corrected chi connectivity index (χ4v) is 3.21. The highest BCUT2D eigenvalue weighted by atomic mass is 32.2. The Kier molecular flexibility index (Phi) is 4.05. The molecule has 0 spiro atoms. The fourth-order valence-electron chi connectivity index (χ4n) is 2.14. The van der Waals surface area contributed by atoms with Gasteiger partial charge in [-0.1, -0.05) is 19.3 Å². The van der Waals surface area contributed by atoms with E-state index in [9.17, 15) is 13.9 Å². The minimum atomic E-state index is -0.828. The second-order valence-electron chi connectivity index (χ2n) is 4.65. The van der Waals surface area contributed by atoms with Crippen molar-refractivity contribution >= 4 is 11.8 Å². The SMILES string of the molecule is OC1(CSc2ccc(F)c(F)c2)CCCCC1. The van der Waals surface area contributed by atoms with Crippen molar-refractivity contribution in [1.82, 2.24) is 0 Å². The van der Waals surface area contributed by atoms with Gasteiger partial charge in [0.05, 0.1) is 5.60 Å². The van der Waals surface area contributed by atoms with E-state index in [1.807, 2.05) is 0 Å². The Bertz CT molecular complexity index is 389. The Hall–Kier alpha value is -0.610. The van der Waals surface area contributed by atoms with Crippen LogP contribution in [0.2, 0.25) is 0 Å². The van der Waals surface area contributed by atoms with Gasteiger partial charge >= 0.3 is 0 Å². The maximum Gasteiger partial charge on any atom is 0.159 e. The molecule has 0 heterocycles. The van der Waals surface area contributed by atoms with E-state index in [4.69, 9.17) is 0 Å². The summed E-state index contributed by atoms with van der Waals surface area (Å²) in [5.41, 5.74) is -0.631. The molecule has 17 heavy (non-hydrogen) atoms. The van der Waals surface area contributed by atoms with Crippen LogP contribution in [-0.2, 0) is 0 Å². The zero-order valence-electron chi connectivity index (χ0n) is 9.59. The van der Waals surface area contributed by atoms with E-state index in [2.05, 4.69) is 0 Å². The lowest BCUT2D eigenvalue weighted by Gasteiger charge is -2.31. The van der Waals surface area contributed by atoms with E-state index in [-0.39, 0.29) is 0 Å². The van der Waals surface area contributed by atoms with Gasteiger partial charge in [-0.05, 0) is 31.0 Å². The third-order valence-corrected chi connectivity index (χ3v) is 4.45. The fraction of sp³-hybridized carbons (Fsp3) is 0.538. The summed E-state index contributed by atoms with van der Waals surface area (Å²) in [6.45, 7) is 0. The minimum Gasteiger partial charge on any atom is -0.389 e. The Morgan fingerprint density at radius 3 is 2.47 bits per heavy atom. The van der Waals surface area contributed by atoms with E-state index >= 15 is 0 Å². The molecule has 1 aromatic carbocycles. The van der Waals surface area contributed by atoms with Gasteiger partial charge in [-0.25, -0.2) is 8.78 Å². The molecule has 1 fully saturated rings. The van der Waals surface area contributed by atoms with Crippen LogP contribution in [0.5, 0.6) is 0 Å². The molecular formula is C13H16F2OS. The standard InChI is InChI=1S/C13H16F2OS/c14-11-5-4-10(8-12(11)15)17-9-13(16)6-2-1-3-7-13/h4-5,8,16H,1-3,6-7,9H2. The van der Waals surface area contributed by atoms with Crippen LogP contribution in [0.3, 0.4) is 0 Å². The second-order valence-corrected chi connectivity index (χ2v) is 5.70. The molecule has 0 amide bonds. The zero-order chi connectivity index (χ0) is 12.3. The quantitative estimate of drug-likeness (QED) is 0.833. The Morgan fingerprint density at radius 1 is 1.12 bits per heavy atom. The lowest BCUT2D eigenvalue weighted by Crippen LogP contribution is -2.33. The number of thioether (sulfide) groups is 1. The topological polar surface area (TPSA) is 20.2 Å². The number of benzene rings is 1. The maximum atomic E-state index is 13.0. The first-order valence-corrected chi connectivity index (χ1v) is 6.88. The largest absolute Gasteiger partial charge is 0.389 e. The first-order chi connectivity index (χ1) is 8.09. The molecular weight excluding hydrogens is 242 g/mol. The number of halogens is 2. The van der Waals surface area contributed by atoms with Crippen molar-refractivity contribution in [3.8, 4) is 0 Å². The van der Waals surface area contributed by atoms with Gasteiger partial charge in [0.25, 0.3) is 0 Å². The molecule has 1 N–H and O–H groups in total. The molecule has 1 saturated carbocycles. The van der Waals surface area contributed by atoms with Gasteiger partial charge in [-0.2, -0.15) is 0 Å². The summed E-state index contributed by atoms with van der Waals surface area (Å²) in [7, 11) is 0. The summed E-state index contributed by atoms with van der Waals surface area (Å²) in [4.78, 5) is 0.669. The molecule has 1 aromatic rings. The van der Waals surface area contributed by atoms with Crippen molar-refractivity contribution in [3.63, 3.8) is 0 Å². The van der Waals surface area contributed by atoms with Crippen LogP contribution < -0.4 is 0 Å². The molecule has 0 radical (unpaired) electrons. The zero-order valence-corrected chi connectivity index (χ0v) is 10.4. The molecule has 0 saturated heterocycles. The van der Waals surface area contributed by atoms with Gasteiger partial charge in [-0.15, -0.1) is 11.8 Å². The Labute approximate surface area is 104 Å². The molecule has 1 nitrogen and oxygen atoms in total. The van der Waals surface area contributed by atoms with E-state index in [0.717, 1.165) is 31.7 Å². The van der Waals surface area contributed by atoms with Crippen LogP contribution in [0.1, 0.15) is 32.1 Å². The summed E-state index contributed by atoms with van der Waals surface area (Å²) in [5.74, 6) is -1.10. The van der Waals surface area contributed by atoms with Gasteiger partial charge in [0.2, 0.25) is 0 Å². The highest BCUT2D eigenvalue weighted by Crippen LogP contribution is 2.33. The average Bonchev–Trinajstić information content (AvgIpc) is 2.32. The molecule has 2 rings (SSSR count). The van der Waals surface area contributed by atoms with Crippen molar-refractivity contribution in [2.24, 2.45) is 0 Å². The molecule has 0 unspecified atom stereocenters. The maximum absolute atomic E-state index is 13.0. The van der Waals surface area contributed by atoms with Gasteiger partial charge in [-0.3, -0.25) is 0 Å². The molecule has 1 aliphatic rings. The van der Waals surface area contributed by atoms with Gasteiger partial charge in [0.15, 0.2) is 11.6 Å². The van der Waals surface area contributed by atoms with Crippen molar-refractivity contribution in [3.05, 3.63) is 29.8 Å². The third-order valence-electron chi connectivity index (χ3n) is 3.18. The smallest absolute Gasteiger partial charge is 0.159 e. The predicted octanol–water partition coefficient (Wildman–Crippen LogP) is 3.75. The summed E-state index contributed by atoms with van der Waals surface area (Å²) >= 11 is 1.39. The number of rotatable bonds is 3. The molecule has 0 aliphatic heterocycles. The van der Waals surface area contributed by atoms with Crippen LogP contribution in [0.15, 0.2) is 23.1 Å². The van der Waals surface area contributed by atoms with Crippen molar-refractivity contribution in [2.45, 2.75) is 42.6 Å². The Balaban J connectivity index is 1.94. The highest BCUT2D eigenvalue weighted by molar-refractivity contribution is 7.99. The first-order valence-electron chi connectivity index (χ1n) is 5.89. The lowest BCUT2D eigenvalue weighted by molar-refractivity contribution is 0.0273. The average molecular weight is 258 g/mol. The summed E-state index contributed by atoms with van der Waals surface area (Å²) in [6, 6.07) is 3.87. The Morgan fingerprint density at radius 2 is 1.82 bits per heavy atom. The lowest BCUT2D eigenvalue weighted by atomic mass is 9.86. The molecule has 4 heteroatoms. The van der Waals surface area contributed by atoms with E-state index in [1.54, 1.807) is 6.07 Å². The predicted molar refractivity (Wildman–Crippen MR) is 65.1 cm³/mol. The monoisotopic (exact) mass is 258 g/mol. The first kappa shape index (κ1) is 12.8. The number of hydrogen-bond acceptors (Lipinski definition) is 2. The van der Waals surface area contributed by atoms with Gasteiger partial charge in [0.1, 0.15) is 0 Å². The van der Waals surface area contributed by atoms with E-state index in [0.29, 0.717) is 10.6 Å². The van der Waals surface area contributed by atoms with Crippen LogP contribution in [-0.4, -0.2) is 16.5 Å². The van der Waals surface area contributed by atoms with Crippen LogP contribution in [0.4, 0.5) is 8.78 Å². The van der Waals surface area contributed by atoms with E-state index in [1.165, 1.54) is 24.2 Å².